The quantitative estimate of drug-likeness (QED) is 0.370. The van der Waals surface area contributed by atoms with E-state index in [2.05, 4.69) is 5.43 Å². The second kappa shape index (κ2) is 7.67. The number of nitro benzene ring substituents is 1. The summed E-state index contributed by atoms with van der Waals surface area (Å²) in [5, 5.41) is 19.8. The first-order chi connectivity index (χ1) is 9.12. The molecule has 1 rings (SSSR count). The van der Waals surface area contributed by atoms with Gasteiger partial charge in [-0.15, -0.1) is 0 Å². The van der Waals surface area contributed by atoms with Crippen LogP contribution in [-0.4, -0.2) is 34.6 Å². The summed E-state index contributed by atoms with van der Waals surface area (Å²) < 4.78 is 0. The Bertz CT molecular complexity index is 419. The molecule has 7 nitrogen and oxygen atoms in total. The van der Waals surface area contributed by atoms with Crippen molar-refractivity contribution in [2.24, 2.45) is 5.84 Å². The third-order valence-electron chi connectivity index (χ3n) is 2.81. The number of hydrogen-bond acceptors (Lipinski definition) is 6. The van der Waals surface area contributed by atoms with Crippen LogP contribution in [0, 0.1) is 10.1 Å². The molecular weight excluding hydrogens is 248 g/mol. The van der Waals surface area contributed by atoms with Crippen molar-refractivity contribution < 1.29 is 10.0 Å². The van der Waals surface area contributed by atoms with Crippen molar-refractivity contribution >= 4 is 11.4 Å². The lowest BCUT2D eigenvalue weighted by atomic mass is 10.1. The van der Waals surface area contributed by atoms with Crippen LogP contribution in [0.15, 0.2) is 18.2 Å². The lowest BCUT2D eigenvalue weighted by Gasteiger charge is -2.21. The molecule has 0 radical (unpaired) electrons. The van der Waals surface area contributed by atoms with Gasteiger partial charge in [0.05, 0.1) is 17.2 Å². The number of hydrogen-bond donors (Lipinski definition) is 3. The van der Waals surface area contributed by atoms with Gasteiger partial charge < -0.3 is 10.5 Å². The van der Waals surface area contributed by atoms with Crippen LogP contribution >= 0.6 is 0 Å². The molecule has 0 aliphatic rings. The Morgan fingerprint density at radius 3 is 2.74 bits per heavy atom. The van der Waals surface area contributed by atoms with Crippen LogP contribution in [0.1, 0.15) is 18.9 Å². The van der Waals surface area contributed by atoms with E-state index in [1.807, 2.05) is 11.8 Å². The van der Waals surface area contributed by atoms with E-state index in [4.69, 9.17) is 10.9 Å². The fourth-order valence-electron chi connectivity index (χ4n) is 1.93. The molecule has 0 saturated heterocycles. The number of anilines is 1. The number of benzene rings is 1. The van der Waals surface area contributed by atoms with E-state index in [1.54, 1.807) is 6.07 Å². The van der Waals surface area contributed by atoms with Crippen LogP contribution < -0.4 is 11.3 Å². The maximum Gasteiger partial charge on any atom is 0.269 e. The number of aliphatic hydroxyl groups excluding tert-OH is 1. The Morgan fingerprint density at radius 1 is 1.47 bits per heavy atom. The third kappa shape index (κ3) is 4.47. The van der Waals surface area contributed by atoms with Crippen molar-refractivity contribution in [3.63, 3.8) is 0 Å². The number of nitrogens with two attached hydrogens (primary N) is 1. The number of hydrazine groups is 1. The first kappa shape index (κ1) is 15.4. The Labute approximate surface area is 112 Å². The van der Waals surface area contributed by atoms with E-state index in [-0.39, 0.29) is 12.3 Å². The second-order valence-electron chi connectivity index (χ2n) is 4.24. The van der Waals surface area contributed by atoms with Gasteiger partial charge in [-0.1, -0.05) is 6.92 Å². The normalized spacial score (nSPS) is 10.7. The van der Waals surface area contributed by atoms with Crippen molar-refractivity contribution in [2.75, 3.05) is 25.1 Å². The minimum absolute atomic E-state index is 0.0365. The van der Waals surface area contributed by atoms with Gasteiger partial charge in [0.25, 0.3) is 5.69 Å². The number of nitrogens with zero attached hydrogens (tertiary/aromatic N) is 2. The van der Waals surface area contributed by atoms with E-state index in [9.17, 15) is 10.1 Å². The largest absolute Gasteiger partial charge is 0.395 e. The predicted octanol–water partition coefficient (Wildman–Crippen LogP) is 1.08. The van der Waals surface area contributed by atoms with Crippen molar-refractivity contribution in [1.29, 1.82) is 0 Å². The number of non-ortho nitro benzene ring substituents is 1. The van der Waals surface area contributed by atoms with Gasteiger partial charge in [0.2, 0.25) is 0 Å². The minimum Gasteiger partial charge on any atom is -0.395 e. The molecule has 0 bridgehead atoms. The molecule has 7 heteroatoms. The maximum absolute atomic E-state index is 10.8. The van der Waals surface area contributed by atoms with E-state index in [0.29, 0.717) is 18.8 Å². The molecule has 0 heterocycles. The Morgan fingerprint density at radius 2 is 2.21 bits per heavy atom. The van der Waals surface area contributed by atoms with E-state index in [1.165, 1.54) is 12.1 Å². The van der Waals surface area contributed by atoms with Gasteiger partial charge in [-0.3, -0.25) is 20.9 Å². The Hall–Kier alpha value is -1.70. The Kier molecular flexibility index (Phi) is 6.20. The lowest BCUT2D eigenvalue weighted by Crippen LogP contribution is -2.28. The highest BCUT2D eigenvalue weighted by Crippen LogP contribution is 2.22. The predicted molar refractivity (Wildman–Crippen MR) is 73.6 cm³/mol. The third-order valence-corrected chi connectivity index (χ3v) is 2.81. The molecule has 0 unspecified atom stereocenters. The van der Waals surface area contributed by atoms with Crippen molar-refractivity contribution in [2.45, 2.75) is 19.9 Å². The van der Waals surface area contributed by atoms with Gasteiger partial charge in [0.15, 0.2) is 0 Å². The molecule has 0 atom stereocenters. The minimum atomic E-state index is -0.431. The van der Waals surface area contributed by atoms with Crippen LogP contribution in [0.25, 0.3) is 0 Å². The Balaban J connectivity index is 2.94. The average Bonchev–Trinajstić information content (AvgIpc) is 2.39. The zero-order chi connectivity index (χ0) is 14.3. The summed E-state index contributed by atoms with van der Waals surface area (Å²) in [7, 11) is 0. The summed E-state index contributed by atoms with van der Waals surface area (Å²) in [6, 6.07) is 4.51. The summed E-state index contributed by atoms with van der Waals surface area (Å²) >= 11 is 0. The number of nitrogen functional groups attached to an aromatic ring is 1. The smallest absolute Gasteiger partial charge is 0.269 e. The second-order valence-corrected chi connectivity index (χ2v) is 4.24. The molecule has 19 heavy (non-hydrogen) atoms. The first-order valence-corrected chi connectivity index (χ1v) is 6.19. The molecule has 0 amide bonds. The van der Waals surface area contributed by atoms with E-state index >= 15 is 0 Å². The van der Waals surface area contributed by atoms with Gasteiger partial charge in [0.1, 0.15) is 0 Å². The standard InChI is InChI=1S/C12H20N4O3/c1-2-5-15(6-7-17)9-10-8-11(16(18)19)3-4-12(10)14-13/h3-4,8,14,17H,2,5-7,9,13H2,1H3. The SMILES string of the molecule is CCCN(CCO)Cc1cc([N+](=O)[O-])ccc1NN. The number of nitro groups is 1. The van der Waals surface area contributed by atoms with Crippen LogP contribution in [0.4, 0.5) is 11.4 Å². The highest BCUT2D eigenvalue weighted by atomic mass is 16.6. The zero-order valence-corrected chi connectivity index (χ0v) is 11.0. The van der Waals surface area contributed by atoms with E-state index in [0.717, 1.165) is 18.5 Å². The summed E-state index contributed by atoms with van der Waals surface area (Å²) in [5.74, 6) is 5.41. The van der Waals surface area contributed by atoms with Crippen LogP contribution in [0.5, 0.6) is 0 Å². The molecule has 0 fully saturated rings. The highest BCUT2D eigenvalue weighted by molar-refractivity contribution is 5.55. The molecule has 0 aromatic heterocycles. The van der Waals surface area contributed by atoms with Crippen molar-refractivity contribution in [1.82, 2.24) is 4.90 Å². The molecule has 1 aromatic rings. The van der Waals surface area contributed by atoms with Gasteiger partial charge in [-0.25, -0.2) is 0 Å². The fraction of sp³-hybridized carbons (Fsp3) is 0.500. The number of aliphatic hydroxyl groups is 1. The first-order valence-electron chi connectivity index (χ1n) is 6.19. The molecule has 106 valence electrons. The van der Waals surface area contributed by atoms with Gasteiger partial charge in [-0.2, -0.15) is 0 Å². The van der Waals surface area contributed by atoms with Crippen LogP contribution in [-0.2, 0) is 6.54 Å². The summed E-state index contributed by atoms with van der Waals surface area (Å²) in [6.07, 6.45) is 0.945. The van der Waals surface area contributed by atoms with Gasteiger partial charge >= 0.3 is 0 Å². The molecule has 0 spiro atoms. The molecule has 0 saturated carbocycles. The van der Waals surface area contributed by atoms with Gasteiger partial charge in [-0.05, 0) is 24.6 Å². The fourth-order valence-corrected chi connectivity index (χ4v) is 1.93. The molecule has 1 aromatic carbocycles. The lowest BCUT2D eigenvalue weighted by molar-refractivity contribution is -0.384. The molecule has 0 aliphatic carbocycles. The maximum atomic E-state index is 10.8. The molecule has 0 aliphatic heterocycles. The summed E-state index contributed by atoms with van der Waals surface area (Å²) in [6.45, 7) is 3.95. The van der Waals surface area contributed by atoms with Crippen LogP contribution in [0.2, 0.25) is 0 Å². The van der Waals surface area contributed by atoms with Crippen molar-refractivity contribution in [3.05, 3.63) is 33.9 Å². The summed E-state index contributed by atoms with van der Waals surface area (Å²) in [4.78, 5) is 12.4. The monoisotopic (exact) mass is 268 g/mol. The average molecular weight is 268 g/mol. The summed E-state index contributed by atoms with van der Waals surface area (Å²) in [5.41, 5.74) is 3.98. The molecule has 4 N–H and O–H groups in total. The number of nitrogens with one attached hydrogen (secondary N) is 1. The highest BCUT2D eigenvalue weighted by Gasteiger charge is 2.13. The van der Waals surface area contributed by atoms with Crippen molar-refractivity contribution in [3.8, 4) is 0 Å². The topological polar surface area (TPSA) is 105 Å². The van der Waals surface area contributed by atoms with Crippen LogP contribution in [0.3, 0.4) is 0 Å². The van der Waals surface area contributed by atoms with Gasteiger partial charge in [0, 0.05) is 25.2 Å². The number of rotatable bonds is 8. The zero-order valence-electron chi connectivity index (χ0n) is 11.0. The molecular formula is C12H20N4O3. The van der Waals surface area contributed by atoms with E-state index < -0.39 is 4.92 Å².